The second-order valence-electron chi connectivity index (χ2n) is 8.92. The molecule has 3 aliphatic carbocycles. The normalized spacial score (nSPS) is 49.4. The summed E-state index contributed by atoms with van der Waals surface area (Å²) < 4.78 is 0. The van der Waals surface area contributed by atoms with Crippen molar-refractivity contribution in [1.82, 2.24) is 0 Å². The van der Waals surface area contributed by atoms with Gasteiger partial charge in [-0.25, -0.2) is 0 Å². The molecular weight excluding hydrogens is 240 g/mol. The number of hydrogen-bond donors (Lipinski definition) is 0. The van der Waals surface area contributed by atoms with Gasteiger partial charge in [-0.05, 0) is 85.9 Å². The van der Waals surface area contributed by atoms with Gasteiger partial charge in [0, 0.05) is 0 Å². The molecule has 0 heterocycles. The number of fused-ring (bicyclic) bond motifs is 1. The van der Waals surface area contributed by atoms with Crippen LogP contribution in [0.4, 0.5) is 0 Å². The predicted octanol–water partition coefficient (Wildman–Crippen LogP) is 6.16. The van der Waals surface area contributed by atoms with Gasteiger partial charge >= 0.3 is 0 Å². The van der Waals surface area contributed by atoms with Crippen LogP contribution < -0.4 is 0 Å². The van der Waals surface area contributed by atoms with Gasteiger partial charge in [0.2, 0.25) is 0 Å². The average molecular weight is 277 g/mol. The van der Waals surface area contributed by atoms with Crippen LogP contribution in [0.5, 0.6) is 0 Å². The molecule has 0 aromatic heterocycles. The van der Waals surface area contributed by atoms with E-state index in [1.165, 1.54) is 19.3 Å². The molecule has 5 atom stereocenters. The molecule has 0 aromatic carbocycles. The number of hydrogen-bond acceptors (Lipinski definition) is 0. The van der Waals surface area contributed by atoms with E-state index in [4.69, 9.17) is 0 Å². The lowest BCUT2D eigenvalue weighted by Crippen LogP contribution is -2.41. The molecule has 3 aliphatic rings. The van der Waals surface area contributed by atoms with E-state index in [2.05, 4.69) is 27.7 Å². The van der Waals surface area contributed by atoms with Crippen LogP contribution in [-0.2, 0) is 0 Å². The molecule has 0 radical (unpaired) electrons. The summed E-state index contributed by atoms with van der Waals surface area (Å²) in [5.74, 6) is 8.31. The molecule has 0 spiro atoms. The van der Waals surface area contributed by atoms with Gasteiger partial charge in [0.15, 0.2) is 0 Å². The van der Waals surface area contributed by atoms with Crippen LogP contribution in [0.3, 0.4) is 0 Å². The monoisotopic (exact) mass is 276 g/mol. The van der Waals surface area contributed by atoms with Crippen LogP contribution >= 0.6 is 0 Å². The molecule has 116 valence electrons. The van der Waals surface area contributed by atoms with Crippen LogP contribution in [-0.4, -0.2) is 0 Å². The molecule has 0 aromatic rings. The molecule has 0 saturated heterocycles. The second kappa shape index (κ2) is 6.01. The van der Waals surface area contributed by atoms with Crippen molar-refractivity contribution < 1.29 is 0 Å². The van der Waals surface area contributed by atoms with Crippen molar-refractivity contribution >= 4 is 0 Å². The van der Waals surface area contributed by atoms with E-state index in [-0.39, 0.29) is 0 Å². The standard InChI is InChI=1S/C20H36/c1-13(2)16-8-10-17(11-9-16)20-15(4)14(3)12-18-6-5-7-19(18)20/h13-20H,5-12H2,1-4H3. The van der Waals surface area contributed by atoms with Crippen molar-refractivity contribution in [3.8, 4) is 0 Å². The third-order valence-corrected chi connectivity index (χ3v) is 7.70. The Morgan fingerprint density at radius 2 is 1.50 bits per heavy atom. The van der Waals surface area contributed by atoms with E-state index in [1.54, 1.807) is 32.1 Å². The first-order valence-corrected chi connectivity index (χ1v) is 9.58. The summed E-state index contributed by atoms with van der Waals surface area (Å²) in [5, 5.41) is 0. The molecule has 3 fully saturated rings. The Labute approximate surface area is 127 Å². The Morgan fingerprint density at radius 3 is 2.15 bits per heavy atom. The Kier molecular flexibility index (Phi) is 4.48. The third-order valence-electron chi connectivity index (χ3n) is 7.70. The highest BCUT2D eigenvalue weighted by molar-refractivity contribution is 4.96. The molecule has 0 bridgehead atoms. The number of rotatable bonds is 2. The average Bonchev–Trinajstić information content (AvgIpc) is 2.88. The summed E-state index contributed by atoms with van der Waals surface area (Å²) >= 11 is 0. The van der Waals surface area contributed by atoms with Gasteiger partial charge in [-0.3, -0.25) is 0 Å². The summed E-state index contributed by atoms with van der Waals surface area (Å²) in [6.45, 7) is 10.0. The first-order chi connectivity index (χ1) is 9.58. The fourth-order valence-electron chi connectivity index (χ4n) is 6.30. The van der Waals surface area contributed by atoms with Crippen molar-refractivity contribution in [1.29, 1.82) is 0 Å². The lowest BCUT2D eigenvalue weighted by atomic mass is 9.57. The quantitative estimate of drug-likeness (QED) is 0.567. The van der Waals surface area contributed by atoms with Crippen molar-refractivity contribution in [2.45, 2.75) is 79.1 Å². The van der Waals surface area contributed by atoms with E-state index in [1.807, 2.05) is 0 Å². The van der Waals surface area contributed by atoms with Gasteiger partial charge in [0.25, 0.3) is 0 Å². The maximum atomic E-state index is 2.60. The Balaban J connectivity index is 1.68. The zero-order chi connectivity index (χ0) is 14.3. The summed E-state index contributed by atoms with van der Waals surface area (Å²) in [4.78, 5) is 0. The largest absolute Gasteiger partial charge is 0.0625 e. The van der Waals surface area contributed by atoms with Crippen LogP contribution in [0, 0.1) is 47.3 Å². The molecule has 5 unspecified atom stereocenters. The van der Waals surface area contributed by atoms with Gasteiger partial charge in [-0.2, -0.15) is 0 Å². The molecule has 3 saturated carbocycles. The SMILES string of the molecule is CC(C)C1CCC(C2C(C)C(C)CC3CCCC32)CC1. The summed E-state index contributed by atoms with van der Waals surface area (Å²) in [5.41, 5.74) is 0. The van der Waals surface area contributed by atoms with Crippen LogP contribution in [0.25, 0.3) is 0 Å². The maximum absolute atomic E-state index is 2.60. The Hall–Kier alpha value is 0. The molecule has 0 amide bonds. The molecular formula is C20H36. The van der Waals surface area contributed by atoms with Gasteiger partial charge in [-0.1, -0.05) is 40.5 Å². The highest BCUT2D eigenvalue weighted by Crippen LogP contribution is 2.55. The lowest BCUT2D eigenvalue weighted by Gasteiger charge is -2.48. The van der Waals surface area contributed by atoms with Gasteiger partial charge in [0.1, 0.15) is 0 Å². The fourth-order valence-corrected chi connectivity index (χ4v) is 6.30. The Morgan fingerprint density at radius 1 is 0.800 bits per heavy atom. The van der Waals surface area contributed by atoms with Crippen LogP contribution in [0.2, 0.25) is 0 Å². The minimum Gasteiger partial charge on any atom is -0.0625 e. The molecule has 3 rings (SSSR count). The second-order valence-corrected chi connectivity index (χ2v) is 8.92. The minimum atomic E-state index is 0.915. The van der Waals surface area contributed by atoms with Gasteiger partial charge in [0.05, 0.1) is 0 Å². The van der Waals surface area contributed by atoms with Gasteiger partial charge in [-0.15, -0.1) is 0 Å². The van der Waals surface area contributed by atoms with Crippen molar-refractivity contribution in [3.63, 3.8) is 0 Å². The predicted molar refractivity (Wildman–Crippen MR) is 87.6 cm³/mol. The lowest BCUT2D eigenvalue weighted by molar-refractivity contribution is 0.00840. The smallest absolute Gasteiger partial charge is 0.0326 e. The minimum absolute atomic E-state index is 0.915. The van der Waals surface area contributed by atoms with E-state index < -0.39 is 0 Å². The highest BCUT2D eigenvalue weighted by atomic mass is 14.5. The summed E-state index contributed by atoms with van der Waals surface area (Å²) in [6, 6.07) is 0. The highest BCUT2D eigenvalue weighted by Gasteiger charge is 2.46. The van der Waals surface area contributed by atoms with Crippen LogP contribution in [0.15, 0.2) is 0 Å². The first kappa shape index (κ1) is 14.9. The van der Waals surface area contributed by atoms with Crippen molar-refractivity contribution in [2.24, 2.45) is 47.3 Å². The Bertz CT molecular complexity index is 310. The van der Waals surface area contributed by atoms with Gasteiger partial charge < -0.3 is 0 Å². The molecule has 0 heteroatoms. The maximum Gasteiger partial charge on any atom is -0.0326 e. The fraction of sp³-hybridized carbons (Fsp3) is 1.00. The van der Waals surface area contributed by atoms with Crippen molar-refractivity contribution in [3.05, 3.63) is 0 Å². The zero-order valence-electron chi connectivity index (χ0n) is 14.3. The molecule has 0 nitrogen and oxygen atoms in total. The van der Waals surface area contributed by atoms with E-state index in [9.17, 15) is 0 Å². The summed E-state index contributed by atoms with van der Waals surface area (Å²) in [6.07, 6.45) is 12.3. The van der Waals surface area contributed by atoms with Crippen molar-refractivity contribution in [2.75, 3.05) is 0 Å². The van der Waals surface area contributed by atoms with Crippen LogP contribution in [0.1, 0.15) is 79.1 Å². The summed E-state index contributed by atoms with van der Waals surface area (Å²) in [7, 11) is 0. The molecule has 20 heavy (non-hydrogen) atoms. The third kappa shape index (κ3) is 2.69. The topological polar surface area (TPSA) is 0 Å². The van der Waals surface area contributed by atoms with E-state index in [0.717, 1.165) is 47.3 Å². The first-order valence-electron chi connectivity index (χ1n) is 9.58. The molecule has 0 aliphatic heterocycles. The van der Waals surface area contributed by atoms with E-state index >= 15 is 0 Å². The molecule has 0 N–H and O–H groups in total. The zero-order valence-corrected chi connectivity index (χ0v) is 14.3. The van der Waals surface area contributed by atoms with E-state index in [0.29, 0.717) is 0 Å².